The van der Waals surface area contributed by atoms with Gasteiger partial charge in [-0.3, -0.25) is 4.79 Å². The molecule has 0 aromatic heterocycles. The second-order valence-corrected chi connectivity index (χ2v) is 5.30. The van der Waals surface area contributed by atoms with Gasteiger partial charge >= 0.3 is 0 Å². The van der Waals surface area contributed by atoms with Gasteiger partial charge in [-0.25, -0.2) is 4.39 Å². The number of benzene rings is 1. The lowest BCUT2D eigenvalue weighted by Crippen LogP contribution is -2.47. The van der Waals surface area contributed by atoms with Crippen LogP contribution in [0.4, 0.5) is 4.39 Å². The highest BCUT2D eigenvalue weighted by molar-refractivity contribution is 5.85. The summed E-state index contributed by atoms with van der Waals surface area (Å²) in [5.74, 6) is -0.158. The number of nitrogens with zero attached hydrogens (tertiary/aromatic N) is 1. The summed E-state index contributed by atoms with van der Waals surface area (Å²) in [5, 5.41) is 0. The Morgan fingerprint density at radius 3 is 2.52 bits per heavy atom. The van der Waals surface area contributed by atoms with Crippen molar-refractivity contribution in [2.45, 2.75) is 25.4 Å². The first-order valence-corrected chi connectivity index (χ1v) is 6.90. The van der Waals surface area contributed by atoms with E-state index in [1.54, 1.807) is 24.1 Å². The number of rotatable bonds is 4. The Morgan fingerprint density at radius 2 is 1.95 bits per heavy atom. The quantitative estimate of drug-likeness (QED) is 0.924. The molecule has 1 aromatic carbocycles. The molecule has 1 aromatic rings. The Morgan fingerprint density at radius 1 is 1.38 bits per heavy atom. The van der Waals surface area contributed by atoms with E-state index >= 15 is 0 Å². The molecular weight excluding hydrogens is 295 g/mol. The molecular formula is C15H22ClFN2O2. The molecule has 4 nitrogen and oxygen atoms in total. The van der Waals surface area contributed by atoms with Gasteiger partial charge < -0.3 is 15.4 Å². The van der Waals surface area contributed by atoms with Gasteiger partial charge in [-0.05, 0) is 36.5 Å². The number of hydrogen-bond donors (Lipinski definition) is 1. The van der Waals surface area contributed by atoms with E-state index in [1.165, 1.54) is 12.1 Å². The highest BCUT2D eigenvalue weighted by atomic mass is 35.5. The van der Waals surface area contributed by atoms with Crippen LogP contribution in [0.2, 0.25) is 0 Å². The average Bonchev–Trinajstić information content (AvgIpc) is 2.49. The van der Waals surface area contributed by atoms with Crippen molar-refractivity contribution in [3.63, 3.8) is 0 Å². The van der Waals surface area contributed by atoms with E-state index in [0.717, 1.165) is 18.4 Å². The molecule has 2 rings (SSSR count). The van der Waals surface area contributed by atoms with E-state index in [2.05, 4.69) is 0 Å². The SMILES string of the molecule is CN(Cc1ccc(F)cc1)C(=O)C(N)C1CCOCC1.Cl. The van der Waals surface area contributed by atoms with Crippen LogP contribution in [0.25, 0.3) is 0 Å². The van der Waals surface area contributed by atoms with Crippen molar-refractivity contribution in [1.29, 1.82) is 0 Å². The molecule has 1 atom stereocenters. The molecule has 1 amide bonds. The maximum atomic E-state index is 12.8. The van der Waals surface area contributed by atoms with Gasteiger partial charge in [0.05, 0.1) is 6.04 Å². The lowest BCUT2D eigenvalue weighted by atomic mass is 9.91. The first-order chi connectivity index (χ1) is 9.58. The standard InChI is InChI=1S/C15H21FN2O2.ClH/c1-18(10-11-2-4-13(16)5-3-11)15(19)14(17)12-6-8-20-9-7-12;/h2-5,12,14H,6-10,17H2,1H3;1H. The first-order valence-electron chi connectivity index (χ1n) is 6.90. The third kappa shape index (κ3) is 4.95. The molecule has 1 aliphatic rings. The minimum atomic E-state index is -0.482. The lowest BCUT2D eigenvalue weighted by molar-refractivity contribution is -0.133. The molecule has 1 heterocycles. The second kappa shape index (κ2) is 8.32. The predicted octanol–water partition coefficient (Wildman–Crippen LogP) is 1.96. The number of amides is 1. The van der Waals surface area contributed by atoms with Gasteiger partial charge in [0.1, 0.15) is 5.82 Å². The van der Waals surface area contributed by atoms with Crippen LogP contribution in [0.3, 0.4) is 0 Å². The van der Waals surface area contributed by atoms with Crippen molar-refractivity contribution >= 4 is 18.3 Å². The fraction of sp³-hybridized carbons (Fsp3) is 0.533. The van der Waals surface area contributed by atoms with Gasteiger partial charge in [-0.15, -0.1) is 12.4 Å². The molecule has 6 heteroatoms. The Labute approximate surface area is 130 Å². The third-order valence-electron chi connectivity index (χ3n) is 3.77. The van der Waals surface area contributed by atoms with E-state index in [-0.39, 0.29) is 30.0 Å². The van der Waals surface area contributed by atoms with Crippen LogP contribution in [-0.4, -0.2) is 37.1 Å². The van der Waals surface area contributed by atoms with Crippen LogP contribution in [0.5, 0.6) is 0 Å². The molecule has 1 saturated heterocycles. The maximum Gasteiger partial charge on any atom is 0.239 e. The van der Waals surface area contributed by atoms with Gasteiger partial charge in [0.15, 0.2) is 0 Å². The zero-order valence-electron chi connectivity index (χ0n) is 12.1. The molecule has 1 aliphatic heterocycles. The molecule has 118 valence electrons. The Hall–Kier alpha value is -1.17. The summed E-state index contributed by atoms with van der Waals surface area (Å²) < 4.78 is 18.1. The van der Waals surface area contributed by atoms with E-state index in [4.69, 9.17) is 10.5 Å². The molecule has 0 radical (unpaired) electrons. The normalized spacial score (nSPS) is 16.9. The number of halogens is 2. The Balaban J connectivity index is 0.00000220. The van der Waals surface area contributed by atoms with E-state index in [0.29, 0.717) is 19.8 Å². The zero-order chi connectivity index (χ0) is 14.5. The third-order valence-corrected chi connectivity index (χ3v) is 3.77. The number of likely N-dealkylation sites (N-methyl/N-ethyl adjacent to an activating group) is 1. The minimum absolute atomic E-state index is 0. The highest BCUT2D eigenvalue weighted by Crippen LogP contribution is 2.19. The molecule has 0 spiro atoms. The van der Waals surface area contributed by atoms with Gasteiger partial charge in [0.2, 0.25) is 5.91 Å². The first kappa shape index (κ1) is 17.9. The number of hydrogen-bond acceptors (Lipinski definition) is 3. The molecule has 0 aliphatic carbocycles. The van der Waals surface area contributed by atoms with Crippen molar-refractivity contribution in [2.75, 3.05) is 20.3 Å². The Bertz CT molecular complexity index is 449. The molecule has 0 bridgehead atoms. The van der Waals surface area contributed by atoms with E-state index < -0.39 is 6.04 Å². The molecule has 1 unspecified atom stereocenters. The summed E-state index contributed by atoms with van der Waals surface area (Å²) in [4.78, 5) is 13.9. The second-order valence-electron chi connectivity index (χ2n) is 5.30. The summed E-state index contributed by atoms with van der Waals surface area (Å²) in [6, 6.07) is 5.67. The smallest absolute Gasteiger partial charge is 0.239 e. The Kier molecular flexibility index (Phi) is 7.08. The average molecular weight is 317 g/mol. The van der Waals surface area contributed by atoms with Crippen molar-refractivity contribution in [3.05, 3.63) is 35.6 Å². The van der Waals surface area contributed by atoms with Crippen LogP contribution in [0, 0.1) is 11.7 Å². The molecule has 21 heavy (non-hydrogen) atoms. The highest BCUT2D eigenvalue weighted by Gasteiger charge is 2.28. The van der Waals surface area contributed by atoms with Crippen LogP contribution in [0.1, 0.15) is 18.4 Å². The topological polar surface area (TPSA) is 55.6 Å². The van der Waals surface area contributed by atoms with E-state index in [9.17, 15) is 9.18 Å². The van der Waals surface area contributed by atoms with Crippen molar-refractivity contribution in [1.82, 2.24) is 4.90 Å². The summed E-state index contributed by atoms with van der Waals surface area (Å²) in [5.41, 5.74) is 6.95. The van der Waals surface area contributed by atoms with Crippen molar-refractivity contribution < 1.29 is 13.9 Å². The van der Waals surface area contributed by atoms with Gasteiger partial charge in [-0.1, -0.05) is 12.1 Å². The summed E-state index contributed by atoms with van der Waals surface area (Å²) >= 11 is 0. The summed E-state index contributed by atoms with van der Waals surface area (Å²) in [6.07, 6.45) is 1.66. The maximum absolute atomic E-state index is 12.8. The largest absolute Gasteiger partial charge is 0.381 e. The fourth-order valence-electron chi connectivity index (χ4n) is 2.47. The number of nitrogens with two attached hydrogens (primary N) is 1. The van der Waals surface area contributed by atoms with Crippen LogP contribution < -0.4 is 5.73 Å². The summed E-state index contributed by atoms with van der Waals surface area (Å²) in [7, 11) is 1.73. The van der Waals surface area contributed by atoms with Gasteiger partial charge in [-0.2, -0.15) is 0 Å². The van der Waals surface area contributed by atoms with Crippen LogP contribution >= 0.6 is 12.4 Å². The zero-order valence-corrected chi connectivity index (χ0v) is 12.9. The fourth-order valence-corrected chi connectivity index (χ4v) is 2.47. The monoisotopic (exact) mass is 316 g/mol. The number of carbonyl (C=O) groups is 1. The van der Waals surface area contributed by atoms with Crippen LogP contribution in [0.15, 0.2) is 24.3 Å². The predicted molar refractivity (Wildman–Crippen MR) is 81.6 cm³/mol. The van der Waals surface area contributed by atoms with Crippen molar-refractivity contribution in [3.8, 4) is 0 Å². The molecule has 1 fully saturated rings. The van der Waals surface area contributed by atoms with Gasteiger partial charge in [0, 0.05) is 26.8 Å². The van der Waals surface area contributed by atoms with Gasteiger partial charge in [0.25, 0.3) is 0 Å². The van der Waals surface area contributed by atoms with E-state index in [1.807, 2.05) is 0 Å². The molecule has 0 saturated carbocycles. The van der Waals surface area contributed by atoms with Crippen LogP contribution in [-0.2, 0) is 16.1 Å². The number of carbonyl (C=O) groups excluding carboxylic acids is 1. The minimum Gasteiger partial charge on any atom is -0.381 e. The lowest BCUT2D eigenvalue weighted by Gasteiger charge is -2.29. The number of ether oxygens (including phenoxy) is 1. The molecule has 2 N–H and O–H groups in total. The van der Waals surface area contributed by atoms with Crippen molar-refractivity contribution in [2.24, 2.45) is 11.7 Å². The summed E-state index contributed by atoms with van der Waals surface area (Å²) in [6.45, 7) is 1.79.